The number of aliphatic hydroxyl groups is 1. The average molecular weight is 286 g/mol. The molecule has 122 valence electrons. The first-order valence-electron chi connectivity index (χ1n) is 9.14. The van der Waals surface area contributed by atoms with Crippen LogP contribution in [-0.4, -0.2) is 29.3 Å². The largest absolute Gasteiger partial charge is 0.378 e. The number of aliphatic hydroxyl groups excluding tert-OH is 1. The van der Waals surface area contributed by atoms with Gasteiger partial charge in [-0.3, -0.25) is 4.90 Å². The Labute approximate surface area is 127 Å². The van der Waals surface area contributed by atoms with E-state index >= 15 is 0 Å². The summed E-state index contributed by atoms with van der Waals surface area (Å²) in [5.74, 6) is 2.18. The van der Waals surface area contributed by atoms with Crippen molar-refractivity contribution in [1.82, 2.24) is 4.90 Å². The SMILES string of the molecule is CC.CC.CCN1CC2CCCCCC2CC(C)C1O. The van der Waals surface area contributed by atoms with Gasteiger partial charge in [0.25, 0.3) is 0 Å². The van der Waals surface area contributed by atoms with Gasteiger partial charge in [0.1, 0.15) is 6.23 Å². The van der Waals surface area contributed by atoms with E-state index in [-0.39, 0.29) is 6.23 Å². The molecule has 1 N–H and O–H groups in total. The van der Waals surface area contributed by atoms with Crippen LogP contribution >= 0.6 is 0 Å². The van der Waals surface area contributed by atoms with Crippen molar-refractivity contribution in [3.63, 3.8) is 0 Å². The molecule has 0 aromatic heterocycles. The van der Waals surface area contributed by atoms with Gasteiger partial charge in [0.05, 0.1) is 0 Å². The molecule has 2 fully saturated rings. The summed E-state index contributed by atoms with van der Waals surface area (Å²) in [6.07, 6.45) is 8.08. The summed E-state index contributed by atoms with van der Waals surface area (Å²) >= 11 is 0. The van der Waals surface area contributed by atoms with Crippen LogP contribution in [0.5, 0.6) is 0 Å². The maximum Gasteiger partial charge on any atom is 0.109 e. The first-order chi connectivity index (χ1) is 9.72. The molecular formula is C18H39NO. The number of nitrogens with zero attached hydrogens (tertiary/aromatic N) is 1. The van der Waals surface area contributed by atoms with Gasteiger partial charge in [-0.25, -0.2) is 0 Å². The fourth-order valence-electron chi connectivity index (χ4n) is 3.70. The van der Waals surface area contributed by atoms with Crippen molar-refractivity contribution in [3.8, 4) is 0 Å². The minimum absolute atomic E-state index is 0.197. The maximum absolute atomic E-state index is 10.3. The highest BCUT2D eigenvalue weighted by Crippen LogP contribution is 2.37. The third-order valence-corrected chi connectivity index (χ3v) is 4.75. The minimum Gasteiger partial charge on any atom is -0.378 e. The zero-order valence-electron chi connectivity index (χ0n) is 14.9. The molecule has 0 amide bonds. The summed E-state index contributed by atoms with van der Waals surface area (Å²) in [7, 11) is 0. The normalized spacial score (nSPS) is 34.4. The third kappa shape index (κ3) is 5.73. The van der Waals surface area contributed by atoms with Crippen molar-refractivity contribution in [3.05, 3.63) is 0 Å². The van der Waals surface area contributed by atoms with Crippen LogP contribution in [0.4, 0.5) is 0 Å². The molecular weight excluding hydrogens is 246 g/mol. The average Bonchev–Trinajstić information content (AvgIpc) is 2.78. The van der Waals surface area contributed by atoms with Crippen LogP contribution in [0.25, 0.3) is 0 Å². The van der Waals surface area contributed by atoms with Gasteiger partial charge in [0.2, 0.25) is 0 Å². The molecule has 4 atom stereocenters. The highest BCUT2D eigenvalue weighted by Gasteiger charge is 2.34. The second-order valence-electron chi connectivity index (χ2n) is 5.87. The van der Waals surface area contributed by atoms with E-state index in [1.54, 1.807) is 0 Å². The first kappa shape index (κ1) is 19.9. The Hall–Kier alpha value is -0.0800. The summed E-state index contributed by atoms with van der Waals surface area (Å²) in [5.41, 5.74) is 0. The lowest BCUT2D eigenvalue weighted by Crippen LogP contribution is -2.40. The molecule has 2 rings (SSSR count). The van der Waals surface area contributed by atoms with Crippen molar-refractivity contribution in [2.24, 2.45) is 17.8 Å². The zero-order valence-corrected chi connectivity index (χ0v) is 14.9. The Balaban J connectivity index is 0.000000829. The summed E-state index contributed by atoms with van der Waals surface area (Å²) in [6.45, 7) is 14.5. The summed E-state index contributed by atoms with van der Waals surface area (Å²) in [4.78, 5) is 2.29. The van der Waals surface area contributed by atoms with E-state index in [1.807, 2.05) is 27.7 Å². The minimum atomic E-state index is -0.197. The zero-order chi connectivity index (χ0) is 15.5. The second-order valence-corrected chi connectivity index (χ2v) is 5.87. The Kier molecular flexibility index (Phi) is 11.5. The Bertz CT molecular complexity index is 219. The van der Waals surface area contributed by atoms with Gasteiger partial charge in [-0.15, -0.1) is 0 Å². The van der Waals surface area contributed by atoms with Gasteiger partial charge in [-0.1, -0.05) is 67.2 Å². The van der Waals surface area contributed by atoms with Crippen molar-refractivity contribution in [1.29, 1.82) is 0 Å². The van der Waals surface area contributed by atoms with Crippen LogP contribution in [0.2, 0.25) is 0 Å². The van der Waals surface area contributed by atoms with Gasteiger partial charge < -0.3 is 5.11 Å². The number of hydrogen-bond acceptors (Lipinski definition) is 2. The number of hydrogen-bond donors (Lipinski definition) is 1. The van der Waals surface area contributed by atoms with Crippen LogP contribution in [0, 0.1) is 17.8 Å². The van der Waals surface area contributed by atoms with Crippen LogP contribution in [0.3, 0.4) is 0 Å². The van der Waals surface area contributed by atoms with Crippen molar-refractivity contribution in [2.75, 3.05) is 13.1 Å². The molecule has 1 aliphatic heterocycles. The van der Waals surface area contributed by atoms with E-state index in [9.17, 15) is 5.11 Å². The van der Waals surface area contributed by atoms with Crippen LogP contribution in [0.15, 0.2) is 0 Å². The second kappa shape index (κ2) is 11.6. The van der Waals surface area contributed by atoms with E-state index in [1.165, 1.54) is 38.5 Å². The number of rotatable bonds is 1. The Morgan fingerprint density at radius 2 is 1.50 bits per heavy atom. The highest BCUT2D eigenvalue weighted by atomic mass is 16.3. The van der Waals surface area contributed by atoms with Crippen LogP contribution < -0.4 is 0 Å². The molecule has 0 spiro atoms. The number of likely N-dealkylation sites (tertiary alicyclic amines) is 1. The molecule has 0 bridgehead atoms. The standard InChI is InChI=1S/C14H27NO.2C2H6/c1-3-15-10-13-8-6-4-5-7-12(13)9-11(2)14(15)16;2*1-2/h11-14,16H,3-10H2,1-2H3;2*1-2H3. The molecule has 0 aromatic carbocycles. The van der Waals surface area contributed by atoms with Crippen molar-refractivity contribution >= 4 is 0 Å². The Morgan fingerprint density at radius 3 is 2.05 bits per heavy atom. The molecule has 2 heteroatoms. The molecule has 2 nitrogen and oxygen atoms in total. The quantitative estimate of drug-likeness (QED) is 0.739. The first-order valence-corrected chi connectivity index (χ1v) is 9.14. The molecule has 1 heterocycles. The lowest BCUT2D eigenvalue weighted by molar-refractivity contribution is -0.0284. The van der Waals surface area contributed by atoms with Crippen molar-refractivity contribution < 1.29 is 5.11 Å². The van der Waals surface area contributed by atoms with E-state index in [0.717, 1.165) is 24.9 Å². The fourth-order valence-corrected chi connectivity index (χ4v) is 3.70. The topological polar surface area (TPSA) is 23.5 Å². The number of fused-ring (bicyclic) bond motifs is 1. The summed E-state index contributed by atoms with van der Waals surface area (Å²) < 4.78 is 0. The predicted octanol–water partition coefficient (Wildman–Crippen LogP) is 4.92. The van der Waals surface area contributed by atoms with Crippen LogP contribution in [-0.2, 0) is 0 Å². The summed E-state index contributed by atoms with van der Waals surface area (Å²) in [6, 6.07) is 0. The van der Waals surface area contributed by atoms with Gasteiger partial charge in [0.15, 0.2) is 0 Å². The predicted molar refractivity (Wildman–Crippen MR) is 89.8 cm³/mol. The molecule has 1 saturated heterocycles. The molecule has 1 saturated carbocycles. The lowest BCUT2D eigenvalue weighted by atomic mass is 9.83. The van der Waals surface area contributed by atoms with Crippen molar-refractivity contribution in [2.45, 2.75) is 86.3 Å². The van der Waals surface area contributed by atoms with Gasteiger partial charge >= 0.3 is 0 Å². The molecule has 20 heavy (non-hydrogen) atoms. The van der Waals surface area contributed by atoms with E-state index in [2.05, 4.69) is 18.7 Å². The van der Waals surface area contributed by atoms with Gasteiger partial charge in [-0.2, -0.15) is 0 Å². The maximum atomic E-state index is 10.3. The third-order valence-electron chi connectivity index (χ3n) is 4.75. The Morgan fingerprint density at radius 1 is 0.950 bits per heavy atom. The van der Waals surface area contributed by atoms with E-state index in [4.69, 9.17) is 0 Å². The summed E-state index contributed by atoms with van der Waals surface area (Å²) in [5, 5.41) is 10.3. The van der Waals surface area contributed by atoms with Crippen LogP contribution in [0.1, 0.15) is 80.1 Å². The lowest BCUT2D eigenvalue weighted by Gasteiger charge is -2.29. The molecule has 2 aliphatic rings. The monoisotopic (exact) mass is 285 g/mol. The highest BCUT2D eigenvalue weighted by molar-refractivity contribution is 4.84. The molecule has 0 aromatic rings. The molecule has 4 unspecified atom stereocenters. The fraction of sp³-hybridized carbons (Fsp3) is 1.00. The van der Waals surface area contributed by atoms with Gasteiger partial charge in [-0.05, 0) is 37.1 Å². The van der Waals surface area contributed by atoms with E-state index < -0.39 is 0 Å². The molecule has 0 radical (unpaired) electrons. The molecule has 1 aliphatic carbocycles. The van der Waals surface area contributed by atoms with Gasteiger partial charge in [0, 0.05) is 6.54 Å². The smallest absolute Gasteiger partial charge is 0.109 e. The van der Waals surface area contributed by atoms with E-state index in [0.29, 0.717) is 5.92 Å².